The van der Waals surface area contributed by atoms with Crippen LogP contribution < -0.4 is 0 Å². The molecule has 0 saturated carbocycles. The summed E-state index contributed by atoms with van der Waals surface area (Å²) in [6.07, 6.45) is 0. The summed E-state index contributed by atoms with van der Waals surface area (Å²) in [6, 6.07) is 3.16. The van der Waals surface area contributed by atoms with Gasteiger partial charge in [0, 0.05) is 0 Å². The Morgan fingerprint density at radius 2 is 2.38 bits per heavy atom. The van der Waals surface area contributed by atoms with Gasteiger partial charge >= 0.3 is 11.2 Å². The molecule has 0 fully saturated rings. The van der Waals surface area contributed by atoms with Gasteiger partial charge in [-0.15, -0.1) is 11.3 Å². The highest BCUT2D eigenvalue weighted by Crippen LogP contribution is 2.38. The third-order valence-electron chi connectivity index (χ3n) is 1.15. The van der Waals surface area contributed by atoms with Crippen LogP contribution in [0.4, 0.5) is 8.78 Å². The second-order valence-electron chi connectivity index (χ2n) is 2.04. The Hall–Kier alpha value is -0.620. The van der Waals surface area contributed by atoms with Gasteiger partial charge in [0.2, 0.25) is 0 Å². The molecule has 0 aliphatic rings. The maximum absolute atomic E-state index is 12.9. The van der Waals surface area contributed by atoms with Crippen LogP contribution in [0.1, 0.15) is 0 Å². The van der Waals surface area contributed by atoms with Crippen molar-refractivity contribution in [2.45, 2.75) is 9.46 Å². The molecule has 72 valence electrons. The van der Waals surface area contributed by atoms with E-state index in [0.29, 0.717) is 4.21 Å². The molecule has 2 nitrogen and oxygen atoms in total. The van der Waals surface area contributed by atoms with Gasteiger partial charge in [-0.3, -0.25) is 0 Å². The SMILES string of the molecule is COC(=O)C(F)(F)Sc1cccs1. The fourth-order valence-corrected chi connectivity index (χ4v) is 2.30. The summed E-state index contributed by atoms with van der Waals surface area (Å²) in [5, 5.41) is -1.84. The van der Waals surface area contributed by atoms with E-state index < -0.39 is 11.2 Å². The first kappa shape index (κ1) is 10.5. The van der Waals surface area contributed by atoms with Gasteiger partial charge < -0.3 is 4.74 Å². The molecule has 0 spiro atoms. The normalized spacial score (nSPS) is 11.3. The fraction of sp³-hybridized carbons (Fsp3) is 0.286. The Bertz CT molecular complexity index is 285. The molecule has 0 atom stereocenters. The maximum Gasteiger partial charge on any atom is 0.393 e. The Morgan fingerprint density at radius 3 is 2.85 bits per heavy atom. The number of ether oxygens (including phenoxy) is 1. The van der Waals surface area contributed by atoms with Crippen molar-refractivity contribution in [3.63, 3.8) is 0 Å². The zero-order valence-corrected chi connectivity index (χ0v) is 8.25. The number of carbonyl (C=O) groups excluding carboxylic acids is 1. The average Bonchev–Trinajstić information content (AvgIpc) is 2.54. The number of esters is 1. The minimum atomic E-state index is -3.50. The molecule has 13 heavy (non-hydrogen) atoms. The van der Waals surface area contributed by atoms with Crippen molar-refractivity contribution in [2.75, 3.05) is 7.11 Å². The standard InChI is InChI=1S/C7H6F2O2S2/c1-11-6(10)7(8,9)13-5-3-2-4-12-5/h2-4H,1H3. The van der Waals surface area contributed by atoms with Crippen LogP contribution in [0.15, 0.2) is 21.7 Å². The Morgan fingerprint density at radius 1 is 1.69 bits per heavy atom. The van der Waals surface area contributed by atoms with Gasteiger partial charge in [-0.05, 0) is 23.2 Å². The lowest BCUT2D eigenvalue weighted by Gasteiger charge is -2.10. The summed E-state index contributed by atoms with van der Waals surface area (Å²) >= 11 is 1.35. The van der Waals surface area contributed by atoms with Crippen LogP contribution >= 0.6 is 23.1 Å². The quantitative estimate of drug-likeness (QED) is 0.583. The molecular formula is C7H6F2O2S2. The molecular weight excluding hydrogens is 218 g/mol. The van der Waals surface area contributed by atoms with Crippen molar-refractivity contribution < 1.29 is 18.3 Å². The van der Waals surface area contributed by atoms with Gasteiger partial charge in [0.1, 0.15) is 0 Å². The first-order valence-electron chi connectivity index (χ1n) is 3.25. The molecule has 0 aromatic carbocycles. The number of hydrogen-bond acceptors (Lipinski definition) is 4. The Balaban J connectivity index is 2.67. The van der Waals surface area contributed by atoms with E-state index in [2.05, 4.69) is 4.74 Å². The third kappa shape index (κ3) is 2.67. The minimum Gasteiger partial charge on any atom is -0.464 e. The lowest BCUT2D eigenvalue weighted by Crippen LogP contribution is -2.25. The molecule has 0 saturated heterocycles. The average molecular weight is 224 g/mol. The number of carbonyl (C=O) groups is 1. The number of methoxy groups -OCH3 is 1. The van der Waals surface area contributed by atoms with Crippen molar-refractivity contribution in [2.24, 2.45) is 0 Å². The molecule has 1 rings (SSSR count). The van der Waals surface area contributed by atoms with Gasteiger partial charge in [0.25, 0.3) is 0 Å². The van der Waals surface area contributed by atoms with E-state index in [1.165, 1.54) is 6.07 Å². The van der Waals surface area contributed by atoms with Crippen LogP contribution in [-0.4, -0.2) is 18.3 Å². The number of halogens is 2. The van der Waals surface area contributed by atoms with E-state index >= 15 is 0 Å². The largest absolute Gasteiger partial charge is 0.464 e. The van der Waals surface area contributed by atoms with Crippen LogP contribution in [-0.2, 0) is 9.53 Å². The van der Waals surface area contributed by atoms with E-state index in [9.17, 15) is 13.6 Å². The first-order valence-corrected chi connectivity index (χ1v) is 4.94. The highest BCUT2D eigenvalue weighted by molar-refractivity contribution is 8.02. The minimum absolute atomic E-state index is 0.196. The summed E-state index contributed by atoms with van der Waals surface area (Å²) < 4.78 is 30.1. The van der Waals surface area contributed by atoms with Crippen LogP contribution in [0.5, 0.6) is 0 Å². The lowest BCUT2D eigenvalue weighted by molar-refractivity contribution is -0.156. The summed E-state index contributed by atoms with van der Waals surface area (Å²) in [7, 11) is 0.936. The molecule has 1 aromatic rings. The summed E-state index contributed by atoms with van der Waals surface area (Å²) in [5.74, 6) is -1.52. The number of hydrogen-bond donors (Lipinski definition) is 0. The number of alkyl halides is 2. The maximum atomic E-state index is 12.9. The van der Waals surface area contributed by atoms with Crippen molar-refractivity contribution in [3.05, 3.63) is 17.5 Å². The van der Waals surface area contributed by atoms with Gasteiger partial charge in [0.05, 0.1) is 11.3 Å². The molecule has 0 N–H and O–H groups in total. The Kier molecular flexibility index (Phi) is 3.27. The summed E-state index contributed by atoms with van der Waals surface area (Å²) in [4.78, 5) is 10.6. The summed E-state index contributed by atoms with van der Waals surface area (Å²) in [5.41, 5.74) is 0. The van der Waals surface area contributed by atoms with E-state index in [1.807, 2.05) is 0 Å². The predicted octanol–water partition coefficient (Wildman–Crippen LogP) is 2.61. The van der Waals surface area contributed by atoms with Crippen molar-refractivity contribution in [1.29, 1.82) is 0 Å². The fourth-order valence-electron chi connectivity index (χ4n) is 0.608. The van der Waals surface area contributed by atoms with E-state index in [4.69, 9.17) is 0 Å². The van der Waals surface area contributed by atoms with Crippen LogP contribution in [0, 0.1) is 0 Å². The highest BCUT2D eigenvalue weighted by Gasteiger charge is 2.41. The molecule has 1 heterocycles. The molecule has 0 radical (unpaired) electrons. The van der Waals surface area contributed by atoms with Crippen molar-refractivity contribution >= 4 is 29.1 Å². The van der Waals surface area contributed by atoms with E-state index in [0.717, 1.165) is 18.4 Å². The molecule has 0 aliphatic carbocycles. The van der Waals surface area contributed by atoms with Gasteiger partial charge in [-0.2, -0.15) is 8.78 Å². The number of thioether (sulfide) groups is 1. The monoisotopic (exact) mass is 224 g/mol. The van der Waals surface area contributed by atoms with E-state index in [-0.39, 0.29) is 11.8 Å². The topological polar surface area (TPSA) is 26.3 Å². The van der Waals surface area contributed by atoms with Gasteiger partial charge in [-0.1, -0.05) is 6.07 Å². The number of thiophene rings is 1. The summed E-state index contributed by atoms with van der Waals surface area (Å²) in [6.45, 7) is 0. The smallest absolute Gasteiger partial charge is 0.393 e. The van der Waals surface area contributed by atoms with Crippen LogP contribution in [0.3, 0.4) is 0 Å². The Labute approximate surface area is 81.9 Å². The van der Waals surface area contributed by atoms with Crippen LogP contribution in [0.25, 0.3) is 0 Å². The first-order chi connectivity index (χ1) is 6.06. The molecule has 0 aliphatic heterocycles. The van der Waals surface area contributed by atoms with E-state index in [1.54, 1.807) is 11.4 Å². The molecule has 0 bridgehead atoms. The molecule has 0 amide bonds. The van der Waals surface area contributed by atoms with Gasteiger partial charge in [-0.25, -0.2) is 4.79 Å². The second-order valence-corrected chi connectivity index (χ2v) is 4.41. The van der Waals surface area contributed by atoms with Crippen molar-refractivity contribution in [3.8, 4) is 0 Å². The molecule has 1 aromatic heterocycles. The van der Waals surface area contributed by atoms with Gasteiger partial charge in [0.15, 0.2) is 0 Å². The second kappa shape index (κ2) is 4.06. The lowest BCUT2D eigenvalue weighted by atomic mass is 10.7. The molecule has 0 unspecified atom stereocenters. The zero-order valence-electron chi connectivity index (χ0n) is 6.62. The number of rotatable bonds is 3. The highest BCUT2D eigenvalue weighted by atomic mass is 32.2. The van der Waals surface area contributed by atoms with Crippen molar-refractivity contribution in [1.82, 2.24) is 0 Å². The molecule has 6 heteroatoms. The predicted molar refractivity (Wildman–Crippen MR) is 47.1 cm³/mol. The third-order valence-corrected chi connectivity index (χ3v) is 3.11. The van der Waals surface area contributed by atoms with Crippen LogP contribution in [0.2, 0.25) is 0 Å². The zero-order chi connectivity index (χ0) is 9.90.